The van der Waals surface area contributed by atoms with Gasteiger partial charge in [0.25, 0.3) is 0 Å². The van der Waals surface area contributed by atoms with Crippen molar-refractivity contribution in [1.82, 2.24) is 0 Å². The summed E-state index contributed by atoms with van der Waals surface area (Å²) in [6.45, 7) is 8.50. The molecule has 0 aromatic heterocycles. The molecule has 2 bridgehead atoms. The van der Waals surface area contributed by atoms with Gasteiger partial charge in [-0.1, -0.05) is 66.2 Å². The SMILES string of the molecule is C1CC2CCC1C2.CCC.CCC. The maximum Gasteiger partial charge on any atom is -0.0411 e. The van der Waals surface area contributed by atoms with Gasteiger partial charge in [0.05, 0.1) is 0 Å². The van der Waals surface area contributed by atoms with Crippen LogP contribution in [0.3, 0.4) is 0 Å². The Bertz CT molecular complexity index is 76.2. The first kappa shape index (κ1) is 13.0. The molecular formula is C13H28. The highest BCUT2D eigenvalue weighted by Gasteiger charge is 2.30. The average Bonchev–Trinajstić information content (AvgIpc) is 2.69. The van der Waals surface area contributed by atoms with Gasteiger partial charge in [-0.15, -0.1) is 0 Å². The molecule has 0 nitrogen and oxygen atoms in total. The second-order valence-electron chi connectivity index (χ2n) is 4.54. The van der Waals surface area contributed by atoms with E-state index in [1.807, 2.05) is 0 Å². The van der Waals surface area contributed by atoms with Gasteiger partial charge in [0.15, 0.2) is 0 Å². The fourth-order valence-corrected chi connectivity index (χ4v) is 2.17. The minimum Gasteiger partial charge on any atom is -0.0656 e. The van der Waals surface area contributed by atoms with Crippen molar-refractivity contribution in [2.75, 3.05) is 0 Å². The summed E-state index contributed by atoms with van der Waals surface area (Å²) in [5.41, 5.74) is 0. The van der Waals surface area contributed by atoms with Gasteiger partial charge in [0, 0.05) is 0 Å². The van der Waals surface area contributed by atoms with Crippen LogP contribution in [-0.2, 0) is 0 Å². The first-order chi connectivity index (χ1) is 6.28. The summed E-state index contributed by atoms with van der Waals surface area (Å²) in [6, 6.07) is 0. The van der Waals surface area contributed by atoms with E-state index in [0.717, 1.165) is 0 Å². The van der Waals surface area contributed by atoms with Crippen LogP contribution in [0.5, 0.6) is 0 Å². The van der Waals surface area contributed by atoms with E-state index in [0.29, 0.717) is 0 Å². The van der Waals surface area contributed by atoms with E-state index in [9.17, 15) is 0 Å². The summed E-state index contributed by atoms with van der Waals surface area (Å²) in [7, 11) is 0. The summed E-state index contributed by atoms with van der Waals surface area (Å²) in [4.78, 5) is 0. The lowest BCUT2D eigenvalue weighted by Crippen LogP contribution is -1.90. The van der Waals surface area contributed by atoms with Gasteiger partial charge in [0.2, 0.25) is 0 Å². The molecule has 0 spiro atoms. The summed E-state index contributed by atoms with van der Waals surface area (Å²) in [5.74, 6) is 2.34. The second-order valence-corrected chi connectivity index (χ2v) is 4.54. The molecule has 0 heteroatoms. The van der Waals surface area contributed by atoms with Crippen molar-refractivity contribution in [2.24, 2.45) is 11.8 Å². The van der Waals surface area contributed by atoms with Crippen LogP contribution >= 0.6 is 0 Å². The van der Waals surface area contributed by atoms with Crippen molar-refractivity contribution in [2.45, 2.75) is 72.6 Å². The van der Waals surface area contributed by atoms with Gasteiger partial charge in [0.1, 0.15) is 0 Å². The van der Waals surface area contributed by atoms with E-state index >= 15 is 0 Å². The molecule has 80 valence electrons. The molecule has 0 heterocycles. The van der Waals surface area contributed by atoms with Crippen LogP contribution < -0.4 is 0 Å². The van der Waals surface area contributed by atoms with Crippen LogP contribution in [0.1, 0.15) is 72.6 Å². The molecule has 0 saturated heterocycles. The molecule has 2 saturated carbocycles. The summed E-state index contributed by atoms with van der Waals surface area (Å²) < 4.78 is 0. The maximum atomic E-state index is 2.12. The van der Waals surface area contributed by atoms with Crippen LogP contribution in [0.25, 0.3) is 0 Å². The lowest BCUT2D eigenvalue weighted by Gasteiger charge is -2.05. The van der Waals surface area contributed by atoms with Crippen molar-refractivity contribution in [3.63, 3.8) is 0 Å². The zero-order chi connectivity index (χ0) is 10.1. The highest BCUT2D eigenvalue weighted by molar-refractivity contribution is 4.82. The maximum absolute atomic E-state index is 2.12. The molecule has 0 N–H and O–H groups in total. The smallest absolute Gasteiger partial charge is 0.0411 e. The average molecular weight is 184 g/mol. The van der Waals surface area contributed by atoms with Crippen LogP contribution in [0.15, 0.2) is 0 Å². The molecule has 2 rings (SSSR count). The van der Waals surface area contributed by atoms with E-state index in [4.69, 9.17) is 0 Å². The first-order valence-corrected chi connectivity index (χ1v) is 6.28. The van der Waals surface area contributed by atoms with E-state index in [1.165, 1.54) is 24.7 Å². The van der Waals surface area contributed by atoms with Gasteiger partial charge in [-0.05, 0) is 18.3 Å². The van der Waals surface area contributed by atoms with Crippen molar-refractivity contribution in [3.05, 3.63) is 0 Å². The van der Waals surface area contributed by atoms with Gasteiger partial charge < -0.3 is 0 Å². The van der Waals surface area contributed by atoms with E-state index < -0.39 is 0 Å². The molecule has 2 aliphatic carbocycles. The fourth-order valence-electron chi connectivity index (χ4n) is 2.17. The fraction of sp³-hybridized carbons (Fsp3) is 1.00. The molecule has 0 unspecified atom stereocenters. The lowest BCUT2D eigenvalue weighted by atomic mass is 10.0. The zero-order valence-electron chi connectivity index (χ0n) is 10.1. The molecule has 0 aliphatic heterocycles. The van der Waals surface area contributed by atoms with Crippen molar-refractivity contribution < 1.29 is 0 Å². The van der Waals surface area contributed by atoms with Gasteiger partial charge >= 0.3 is 0 Å². The monoisotopic (exact) mass is 184 g/mol. The Labute approximate surface area is 85.1 Å². The normalized spacial score (nSPS) is 28.6. The Hall–Kier alpha value is 0. The van der Waals surface area contributed by atoms with E-state index in [-0.39, 0.29) is 0 Å². The van der Waals surface area contributed by atoms with Gasteiger partial charge in [-0.2, -0.15) is 0 Å². The minimum atomic E-state index is 1.17. The number of hydrogen-bond acceptors (Lipinski definition) is 0. The van der Waals surface area contributed by atoms with Crippen LogP contribution in [0, 0.1) is 11.8 Å². The quantitative estimate of drug-likeness (QED) is 0.495. The molecule has 0 radical (unpaired) electrons. The first-order valence-electron chi connectivity index (χ1n) is 6.28. The highest BCUT2D eigenvalue weighted by Crippen LogP contribution is 2.43. The summed E-state index contributed by atoms with van der Waals surface area (Å²) in [5, 5.41) is 0. The lowest BCUT2D eigenvalue weighted by molar-refractivity contribution is 0.480. The minimum absolute atomic E-state index is 1.17. The summed E-state index contributed by atoms with van der Waals surface area (Å²) >= 11 is 0. The largest absolute Gasteiger partial charge is 0.0656 e. The van der Waals surface area contributed by atoms with Crippen molar-refractivity contribution >= 4 is 0 Å². The third kappa shape index (κ3) is 6.12. The molecule has 13 heavy (non-hydrogen) atoms. The van der Waals surface area contributed by atoms with Crippen molar-refractivity contribution in [1.29, 1.82) is 0 Å². The summed E-state index contributed by atoms with van der Waals surface area (Å²) in [6.07, 6.45) is 10.3. The Balaban J connectivity index is 0.000000208. The van der Waals surface area contributed by atoms with Gasteiger partial charge in [-0.25, -0.2) is 0 Å². The van der Waals surface area contributed by atoms with E-state index in [2.05, 4.69) is 27.7 Å². The van der Waals surface area contributed by atoms with Crippen LogP contribution in [-0.4, -0.2) is 0 Å². The third-order valence-corrected chi connectivity index (χ3v) is 2.63. The number of fused-ring (bicyclic) bond motifs is 2. The Morgan fingerprint density at radius 3 is 1.00 bits per heavy atom. The highest BCUT2D eigenvalue weighted by atomic mass is 14.4. The Kier molecular flexibility index (Phi) is 8.59. The molecule has 2 aliphatic rings. The third-order valence-electron chi connectivity index (χ3n) is 2.63. The van der Waals surface area contributed by atoms with Gasteiger partial charge in [-0.3, -0.25) is 0 Å². The number of hydrogen-bond donors (Lipinski definition) is 0. The second kappa shape index (κ2) is 8.59. The molecule has 0 atom stereocenters. The molecule has 0 aromatic carbocycles. The molecular weight excluding hydrogens is 156 g/mol. The molecule has 0 aromatic rings. The predicted octanol–water partition coefficient (Wildman–Crippen LogP) is 5.03. The van der Waals surface area contributed by atoms with Crippen LogP contribution in [0.4, 0.5) is 0 Å². The Morgan fingerprint density at radius 1 is 0.692 bits per heavy atom. The standard InChI is InChI=1S/C7H12.2C3H8/c1-2-7-4-3-6(1)5-7;2*1-3-2/h6-7H,1-5H2;2*3H2,1-2H3. The number of rotatable bonds is 0. The molecule has 0 amide bonds. The van der Waals surface area contributed by atoms with Crippen molar-refractivity contribution in [3.8, 4) is 0 Å². The van der Waals surface area contributed by atoms with E-state index in [1.54, 1.807) is 32.1 Å². The molecule has 2 fully saturated rings. The zero-order valence-corrected chi connectivity index (χ0v) is 10.1. The Morgan fingerprint density at radius 2 is 0.923 bits per heavy atom. The predicted molar refractivity (Wildman–Crippen MR) is 62.0 cm³/mol. The van der Waals surface area contributed by atoms with Crippen LogP contribution in [0.2, 0.25) is 0 Å². The topological polar surface area (TPSA) is 0 Å².